The van der Waals surface area contributed by atoms with Gasteiger partial charge in [0, 0.05) is 0 Å². The van der Waals surface area contributed by atoms with E-state index in [2.05, 4.69) is 54.5 Å². The molecule has 0 bridgehead atoms. The predicted molar refractivity (Wildman–Crippen MR) is 262 cm³/mol. The minimum atomic E-state index is -2.11. The molecule has 9 rings (SSSR count). The predicted octanol–water partition coefficient (Wildman–Crippen LogP) is -0.917. The number of hydrogen-bond donors (Lipinski definition) is 13. The molecule has 8 fully saturated rings. The number of fused-ring (bicyclic) bond motifs is 7. The lowest BCUT2D eigenvalue weighted by Crippen LogP contribution is -2.69. The van der Waals surface area contributed by atoms with E-state index >= 15 is 0 Å². The van der Waals surface area contributed by atoms with Crippen LogP contribution >= 0.6 is 0 Å². The van der Waals surface area contributed by atoms with Crippen molar-refractivity contribution in [3.8, 4) is 0 Å². The van der Waals surface area contributed by atoms with Gasteiger partial charge in [-0.1, -0.05) is 60.1 Å². The molecule has 23 heteroatoms. The molecule has 29 atom stereocenters. The Hall–Kier alpha value is -2.08. The summed E-state index contributed by atoms with van der Waals surface area (Å²) in [5, 5.41) is 142. The normalized spacial score (nSPS) is 54.4. The summed E-state index contributed by atoms with van der Waals surface area (Å²) in [7, 11) is 0. The Morgan fingerprint density at radius 1 is 0.597 bits per heavy atom. The molecule has 0 aromatic rings. The van der Waals surface area contributed by atoms with Crippen molar-refractivity contribution in [1.29, 1.82) is 0 Å². The molecule has 77 heavy (non-hydrogen) atoms. The molecule has 440 valence electrons. The number of esters is 1. The second-order valence-electron chi connectivity index (χ2n) is 26.4. The molecule has 13 N–H and O–H groups in total. The Labute approximate surface area is 448 Å². The van der Waals surface area contributed by atoms with Gasteiger partial charge in [0.1, 0.15) is 84.8 Å². The Balaban J connectivity index is 1.01. The topological polar surface area (TPSA) is 371 Å². The van der Waals surface area contributed by atoms with Crippen molar-refractivity contribution < 1.29 is 114 Å². The van der Waals surface area contributed by atoms with Crippen molar-refractivity contribution in [3.05, 3.63) is 11.6 Å². The lowest BCUT2D eigenvalue weighted by Gasteiger charge is -2.71. The number of carbonyl (C=O) groups excluding carboxylic acids is 1. The third kappa shape index (κ3) is 9.47. The smallest absolute Gasteiger partial charge is 0.335 e. The molecule has 0 unspecified atom stereocenters. The van der Waals surface area contributed by atoms with Crippen LogP contribution in [0.15, 0.2) is 11.6 Å². The van der Waals surface area contributed by atoms with Crippen molar-refractivity contribution in [2.24, 2.45) is 50.2 Å². The Morgan fingerprint density at radius 3 is 1.78 bits per heavy atom. The number of hydrogen-bond acceptors (Lipinski definition) is 22. The van der Waals surface area contributed by atoms with E-state index in [0.717, 1.165) is 5.57 Å². The van der Waals surface area contributed by atoms with Crippen LogP contribution in [0.25, 0.3) is 0 Å². The second kappa shape index (κ2) is 21.0. The summed E-state index contributed by atoms with van der Waals surface area (Å²) in [6.45, 7) is 17.3. The van der Waals surface area contributed by atoms with Crippen LogP contribution in [-0.2, 0) is 47.5 Å². The Kier molecular flexibility index (Phi) is 16.2. The van der Waals surface area contributed by atoms with Crippen molar-refractivity contribution >= 4 is 11.9 Å². The number of carboxylic acids is 1. The SMILES string of the molecule is C[C@@H]1O[C@@H](OC(=O)[C@]23CCC(C)(C)C[C@H]2C2=CC[C@@H]4[C@@]5(C)CC[C@H](O[C@@H]6O[C@H](C(=O)O)[C@@H](O)[C@H](O[C@@H]7O[C@@H](C)[C@H](O)[C@@H](O)[C@H]7O)[C@H]6O[C@@H]6O[C@H](CO)[C@@H](O)[C@H](O)[C@H]6O)C(C)(C)[C@@H]5CC[C@@]4(C)[C@]2(C)C[C@@H]3O)[C@H](O)[C@H](O)[C@H]1O. The Bertz CT molecular complexity index is 2200. The van der Waals surface area contributed by atoms with E-state index in [1.807, 2.05) is 0 Å². The third-order valence-corrected chi connectivity index (χ3v) is 21.3. The number of aliphatic carboxylic acids is 1. The van der Waals surface area contributed by atoms with Crippen molar-refractivity contribution in [3.63, 3.8) is 0 Å². The fourth-order valence-corrected chi connectivity index (χ4v) is 16.5. The van der Waals surface area contributed by atoms with Gasteiger partial charge in [-0.3, -0.25) is 4.79 Å². The van der Waals surface area contributed by atoms with Gasteiger partial charge < -0.3 is 104 Å². The number of aliphatic hydroxyl groups excluding tert-OH is 12. The quantitative estimate of drug-likeness (QED) is 0.0715. The lowest BCUT2D eigenvalue weighted by atomic mass is 9.33. The molecular weight excluding hydrogens is 1020 g/mol. The van der Waals surface area contributed by atoms with Crippen molar-refractivity contribution in [1.82, 2.24) is 0 Å². The van der Waals surface area contributed by atoms with Crippen molar-refractivity contribution in [2.75, 3.05) is 6.61 Å². The largest absolute Gasteiger partial charge is 0.479 e. The maximum atomic E-state index is 14.8. The molecule has 0 aromatic heterocycles. The van der Waals surface area contributed by atoms with Crippen molar-refractivity contribution in [2.45, 2.75) is 255 Å². The zero-order valence-electron chi connectivity index (χ0n) is 45.5. The van der Waals surface area contributed by atoms with E-state index in [1.54, 1.807) is 0 Å². The summed E-state index contributed by atoms with van der Waals surface area (Å²) in [5.41, 5.74) is -2.61. The average molecular weight is 1100 g/mol. The van der Waals surface area contributed by atoms with E-state index in [9.17, 15) is 76.0 Å². The minimum absolute atomic E-state index is 0.0434. The molecule has 0 aromatic carbocycles. The maximum absolute atomic E-state index is 14.8. The average Bonchev–Trinajstić information content (AvgIpc) is 3.54. The van der Waals surface area contributed by atoms with Gasteiger partial charge >= 0.3 is 11.9 Å². The summed E-state index contributed by atoms with van der Waals surface area (Å²) < 4.78 is 48.5. The second-order valence-corrected chi connectivity index (χ2v) is 26.4. The molecule has 0 amide bonds. The van der Waals surface area contributed by atoms with E-state index in [4.69, 9.17) is 37.9 Å². The van der Waals surface area contributed by atoms with Crippen LogP contribution in [0.3, 0.4) is 0 Å². The highest BCUT2D eigenvalue weighted by atomic mass is 16.8. The monoisotopic (exact) mass is 1100 g/mol. The van der Waals surface area contributed by atoms with Crippen LogP contribution in [0.5, 0.6) is 0 Å². The molecular formula is C54H86O23. The number of carbonyl (C=O) groups is 2. The summed E-state index contributed by atoms with van der Waals surface area (Å²) in [5.74, 6) is -2.80. The first-order chi connectivity index (χ1) is 35.8. The van der Waals surface area contributed by atoms with Crippen LogP contribution in [0.2, 0.25) is 0 Å². The summed E-state index contributed by atoms with van der Waals surface area (Å²) in [4.78, 5) is 27.7. The van der Waals surface area contributed by atoms with Crippen LogP contribution in [-0.4, -0.2) is 220 Å². The van der Waals surface area contributed by atoms with E-state index in [1.165, 1.54) is 13.8 Å². The van der Waals surface area contributed by atoms with Gasteiger partial charge in [-0.15, -0.1) is 0 Å². The first-order valence-corrected chi connectivity index (χ1v) is 27.6. The fourth-order valence-electron chi connectivity index (χ4n) is 16.5. The molecule has 4 saturated carbocycles. The molecule has 4 saturated heterocycles. The number of aliphatic hydroxyl groups is 12. The zero-order valence-corrected chi connectivity index (χ0v) is 45.5. The van der Waals surface area contributed by atoms with Crippen LogP contribution in [0.4, 0.5) is 0 Å². The fraction of sp³-hybridized carbons (Fsp3) is 0.926. The number of allylic oxidation sites excluding steroid dienone is 2. The highest BCUT2D eigenvalue weighted by Gasteiger charge is 2.72. The van der Waals surface area contributed by atoms with Gasteiger partial charge in [0.2, 0.25) is 6.29 Å². The van der Waals surface area contributed by atoms with E-state index in [0.29, 0.717) is 51.4 Å². The van der Waals surface area contributed by atoms with Gasteiger partial charge in [-0.2, -0.15) is 0 Å². The van der Waals surface area contributed by atoms with E-state index in [-0.39, 0.29) is 29.1 Å². The van der Waals surface area contributed by atoms with Crippen LogP contribution < -0.4 is 0 Å². The molecule has 4 aliphatic heterocycles. The maximum Gasteiger partial charge on any atom is 0.335 e. The van der Waals surface area contributed by atoms with E-state index < -0.39 is 181 Å². The number of carboxylic acid groups (broad SMARTS) is 1. The lowest BCUT2D eigenvalue weighted by molar-refractivity contribution is -0.395. The highest BCUT2D eigenvalue weighted by Crippen LogP contribution is 2.76. The summed E-state index contributed by atoms with van der Waals surface area (Å²) in [6, 6.07) is 0. The first-order valence-electron chi connectivity index (χ1n) is 27.6. The zero-order chi connectivity index (χ0) is 56.6. The minimum Gasteiger partial charge on any atom is -0.479 e. The molecule has 0 radical (unpaired) electrons. The summed E-state index contributed by atoms with van der Waals surface area (Å²) in [6.07, 6.45) is -28.8. The molecule has 4 heterocycles. The van der Waals surface area contributed by atoms with Gasteiger partial charge in [-0.05, 0) is 116 Å². The molecule has 0 spiro atoms. The van der Waals surface area contributed by atoms with Gasteiger partial charge in [0.05, 0.1) is 31.0 Å². The molecule has 23 nitrogen and oxygen atoms in total. The number of rotatable bonds is 10. The molecule has 9 aliphatic rings. The van der Waals surface area contributed by atoms with Gasteiger partial charge in [0.15, 0.2) is 25.0 Å². The highest BCUT2D eigenvalue weighted by molar-refractivity contribution is 5.80. The number of ether oxygens (including phenoxy) is 8. The first kappa shape index (κ1) is 59.5. The van der Waals surface area contributed by atoms with Gasteiger partial charge in [-0.25, -0.2) is 4.79 Å². The van der Waals surface area contributed by atoms with Crippen LogP contribution in [0, 0.1) is 50.2 Å². The van der Waals surface area contributed by atoms with Crippen LogP contribution in [0.1, 0.15) is 120 Å². The summed E-state index contributed by atoms with van der Waals surface area (Å²) >= 11 is 0. The Morgan fingerprint density at radius 2 is 1.17 bits per heavy atom. The van der Waals surface area contributed by atoms with Gasteiger partial charge in [0.25, 0.3) is 0 Å². The third-order valence-electron chi connectivity index (χ3n) is 21.3. The molecule has 5 aliphatic carbocycles. The standard InChI is InChI=1S/C54H86O23/c1-21-30(57)33(60)36(63)44(70-21)74-40-39(66)41(43(67)68)75-47(42(40)76-46-38(65)35(62)32(59)25(20-55)72-46)73-29-13-14-51(7)26(50(29,5)6)12-15-52(8)27(51)11-10-23-24-18-49(3,4)16-17-54(24,28(56)19-53(23,52)9)48(69)77-45-37(64)34(61)31(58)22(2)71-45/h10,21-22,24-42,44-47,55-66H,11-20H2,1-9H3,(H,67,68)/t21-,22-,24-,25+,26-,27+,28-,29-,30-,31-,32+,33+,34+,35-,36+,37+,38+,39-,40-,41-,42+,44-,45-,46-,47+,51-,52+,53+,54+/m0/s1.